The molecule has 1 fully saturated rings. The van der Waals surface area contributed by atoms with Gasteiger partial charge < -0.3 is 10.4 Å². The summed E-state index contributed by atoms with van der Waals surface area (Å²) in [6.45, 7) is 3.42. The summed E-state index contributed by atoms with van der Waals surface area (Å²) in [4.78, 5) is 22.7. The van der Waals surface area contributed by atoms with Crippen molar-refractivity contribution in [2.75, 3.05) is 0 Å². The maximum Gasteiger partial charge on any atom is 0.233 e. The van der Waals surface area contributed by atoms with Gasteiger partial charge in [-0.2, -0.15) is 12.6 Å². The Bertz CT molecular complexity index is 295. The second-order valence-electron chi connectivity index (χ2n) is 4.69. The largest absolute Gasteiger partial charge is 0.390 e. The van der Waals surface area contributed by atoms with Gasteiger partial charge in [-0.1, -0.05) is 13.3 Å². The molecule has 0 aromatic carbocycles. The first-order chi connectivity index (χ1) is 7.97. The van der Waals surface area contributed by atoms with Gasteiger partial charge in [0.1, 0.15) is 11.7 Å². The molecule has 1 saturated heterocycles. The van der Waals surface area contributed by atoms with Gasteiger partial charge in [0.25, 0.3) is 0 Å². The van der Waals surface area contributed by atoms with Crippen molar-refractivity contribution in [2.45, 2.75) is 56.9 Å². The number of aliphatic hydroxyl groups excluding tert-OH is 1. The van der Waals surface area contributed by atoms with Crippen molar-refractivity contribution in [3.05, 3.63) is 0 Å². The molecule has 0 aromatic rings. The van der Waals surface area contributed by atoms with E-state index in [0.717, 1.165) is 19.3 Å². The fourth-order valence-corrected chi connectivity index (χ4v) is 2.37. The third kappa shape index (κ3) is 3.71. The fourth-order valence-electron chi connectivity index (χ4n) is 2.19. The molecule has 0 aromatic heterocycles. The molecule has 1 heterocycles. The normalized spacial score (nSPS) is 30.1. The van der Waals surface area contributed by atoms with Crippen LogP contribution in [0.1, 0.15) is 39.5 Å². The van der Waals surface area contributed by atoms with Crippen LogP contribution in [-0.2, 0) is 9.59 Å². The Morgan fingerprint density at radius 3 is 2.71 bits per heavy atom. The number of hydrogen-bond acceptors (Lipinski definition) is 4. The summed E-state index contributed by atoms with van der Waals surface area (Å²) < 4.78 is 0. The van der Waals surface area contributed by atoms with E-state index in [2.05, 4.69) is 24.9 Å². The minimum atomic E-state index is -0.877. The second kappa shape index (κ2) is 6.40. The molecule has 17 heavy (non-hydrogen) atoms. The minimum absolute atomic E-state index is 0.266. The summed E-state index contributed by atoms with van der Waals surface area (Å²) in [6, 6.07) is -0.284. The van der Waals surface area contributed by atoms with E-state index in [1.54, 1.807) is 0 Å². The van der Waals surface area contributed by atoms with E-state index in [1.807, 2.05) is 0 Å². The highest BCUT2D eigenvalue weighted by atomic mass is 32.1. The number of Topliss-reactive ketones (excluding diaryl/α,β-unsaturated/α-hetero) is 1. The van der Waals surface area contributed by atoms with Crippen LogP contribution in [-0.4, -0.2) is 34.2 Å². The van der Waals surface area contributed by atoms with Gasteiger partial charge in [-0.3, -0.25) is 9.59 Å². The molecule has 0 bridgehead atoms. The number of carbonyl (C=O) groups is 2. The molecule has 0 spiro atoms. The molecular formula is C12H21NO3S. The number of nitrogens with one attached hydrogen (secondary N) is 1. The molecule has 5 heteroatoms. The third-order valence-electron chi connectivity index (χ3n) is 3.33. The van der Waals surface area contributed by atoms with E-state index in [-0.39, 0.29) is 17.7 Å². The summed E-state index contributed by atoms with van der Waals surface area (Å²) >= 11 is 4.39. The minimum Gasteiger partial charge on any atom is -0.390 e. The highest BCUT2D eigenvalue weighted by Crippen LogP contribution is 2.22. The molecule has 0 aliphatic carbocycles. The van der Waals surface area contributed by atoms with Gasteiger partial charge in [-0.15, -0.1) is 0 Å². The summed E-state index contributed by atoms with van der Waals surface area (Å²) in [7, 11) is 0. The van der Waals surface area contributed by atoms with E-state index in [1.165, 1.54) is 6.92 Å². The Morgan fingerprint density at radius 1 is 1.59 bits per heavy atom. The molecule has 1 rings (SSSR count). The molecule has 4 nitrogen and oxygen atoms in total. The van der Waals surface area contributed by atoms with Crippen LogP contribution in [0.5, 0.6) is 0 Å². The van der Waals surface area contributed by atoms with Gasteiger partial charge >= 0.3 is 0 Å². The Balaban J connectivity index is 2.41. The van der Waals surface area contributed by atoms with Crippen molar-refractivity contribution >= 4 is 24.3 Å². The molecule has 1 amide bonds. The molecular weight excluding hydrogens is 238 g/mol. The van der Waals surface area contributed by atoms with E-state index in [4.69, 9.17) is 0 Å². The van der Waals surface area contributed by atoms with E-state index < -0.39 is 12.0 Å². The van der Waals surface area contributed by atoms with Crippen LogP contribution in [0.25, 0.3) is 0 Å². The van der Waals surface area contributed by atoms with Gasteiger partial charge in [-0.05, 0) is 26.2 Å². The van der Waals surface area contributed by atoms with Gasteiger partial charge in [0, 0.05) is 5.25 Å². The zero-order valence-corrected chi connectivity index (χ0v) is 11.2. The van der Waals surface area contributed by atoms with Gasteiger partial charge in [0.05, 0.1) is 12.1 Å². The van der Waals surface area contributed by atoms with Crippen LogP contribution in [0, 0.1) is 5.92 Å². The first-order valence-corrected chi connectivity index (χ1v) is 6.66. The maximum absolute atomic E-state index is 11.5. The summed E-state index contributed by atoms with van der Waals surface area (Å²) in [6.07, 6.45) is 2.70. The van der Waals surface area contributed by atoms with Crippen molar-refractivity contribution in [1.29, 1.82) is 0 Å². The van der Waals surface area contributed by atoms with Crippen LogP contribution in [0.15, 0.2) is 0 Å². The predicted octanol–water partition coefficient (Wildman–Crippen LogP) is 0.930. The lowest BCUT2D eigenvalue weighted by Gasteiger charge is -2.16. The maximum atomic E-state index is 11.5. The molecule has 1 aliphatic heterocycles. The fraction of sp³-hybridized carbons (Fsp3) is 0.833. The van der Waals surface area contributed by atoms with Crippen molar-refractivity contribution in [3.8, 4) is 0 Å². The SMILES string of the molecule is CCC(S)CCCC1NC(=O)C(C(C)=O)C1O. The Labute approximate surface area is 108 Å². The number of rotatable bonds is 6. The van der Waals surface area contributed by atoms with Gasteiger partial charge in [-0.25, -0.2) is 0 Å². The highest BCUT2D eigenvalue weighted by molar-refractivity contribution is 7.80. The number of ketones is 1. The molecule has 0 saturated carbocycles. The number of carbonyl (C=O) groups excluding carboxylic acids is 2. The lowest BCUT2D eigenvalue weighted by Crippen LogP contribution is -2.33. The van der Waals surface area contributed by atoms with Crippen LogP contribution in [0.2, 0.25) is 0 Å². The summed E-state index contributed by atoms with van der Waals surface area (Å²) in [5.41, 5.74) is 0. The number of aliphatic hydroxyl groups is 1. The van der Waals surface area contributed by atoms with Crippen molar-refractivity contribution in [3.63, 3.8) is 0 Å². The second-order valence-corrected chi connectivity index (χ2v) is 5.42. The lowest BCUT2D eigenvalue weighted by atomic mass is 9.95. The summed E-state index contributed by atoms with van der Waals surface area (Å²) in [5.74, 6) is -1.48. The van der Waals surface area contributed by atoms with Crippen LogP contribution in [0.4, 0.5) is 0 Å². The predicted molar refractivity (Wildman–Crippen MR) is 69.0 cm³/mol. The molecule has 0 radical (unpaired) electrons. The van der Waals surface area contributed by atoms with Gasteiger partial charge in [0.15, 0.2) is 0 Å². The topological polar surface area (TPSA) is 66.4 Å². The Hall–Kier alpha value is -0.550. The number of amides is 1. The zero-order valence-electron chi connectivity index (χ0n) is 10.3. The van der Waals surface area contributed by atoms with Crippen LogP contribution >= 0.6 is 12.6 Å². The van der Waals surface area contributed by atoms with Crippen molar-refractivity contribution < 1.29 is 14.7 Å². The molecule has 98 valence electrons. The van der Waals surface area contributed by atoms with E-state index >= 15 is 0 Å². The standard InChI is InChI=1S/C12H21NO3S/c1-3-8(17)5-4-6-9-11(15)10(7(2)14)12(16)13-9/h8-11,15,17H,3-6H2,1-2H3,(H,13,16). The smallest absolute Gasteiger partial charge is 0.233 e. The van der Waals surface area contributed by atoms with E-state index in [9.17, 15) is 14.7 Å². The average Bonchev–Trinajstić information content (AvgIpc) is 2.53. The zero-order chi connectivity index (χ0) is 13.0. The molecule has 4 unspecified atom stereocenters. The summed E-state index contributed by atoms with van der Waals surface area (Å²) in [5, 5.41) is 12.9. The highest BCUT2D eigenvalue weighted by Gasteiger charge is 2.43. The number of hydrogen-bond donors (Lipinski definition) is 3. The van der Waals surface area contributed by atoms with Crippen molar-refractivity contribution in [1.82, 2.24) is 5.32 Å². The Morgan fingerprint density at radius 2 is 2.24 bits per heavy atom. The van der Waals surface area contributed by atoms with Crippen LogP contribution in [0.3, 0.4) is 0 Å². The monoisotopic (exact) mass is 259 g/mol. The first kappa shape index (κ1) is 14.5. The van der Waals surface area contributed by atoms with Crippen LogP contribution < -0.4 is 5.32 Å². The van der Waals surface area contributed by atoms with Gasteiger partial charge in [0.2, 0.25) is 5.91 Å². The Kier molecular flexibility index (Phi) is 5.46. The first-order valence-electron chi connectivity index (χ1n) is 6.14. The quantitative estimate of drug-likeness (QED) is 0.491. The molecule has 1 aliphatic rings. The molecule has 2 N–H and O–H groups in total. The molecule has 4 atom stereocenters. The lowest BCUT2D eigenvalue weighted by molar-refractivity contribution is -0.132. The third-order valence-corrected chi connectivity index (χ3v) is 3.95. The number of thiol groups is 1. The average molecular weight is 259 g/mol. The van der Waals surface area contributed by atoms with Crippen molar-refractivity contribution in [2.24, 2.45) is 5.92 Å². The van der Waals surface area contributed by atoms with E-state index in [0.29, 0.717) is 11.7 Å².